The number of nitrogens with one attached hydrogen (secondary N) is 1. The van der Waals surface area contributed by atoms with Crippen LogP contribution >= 0.6 is 11.6 Å². The van der Waals surface area contributed by atoms with Gasteiger partial charge in [-0.15, -0.1) is 11.6 Å². The van der Waals surface area contributed by atoms with Crippen molar-refractivity contribution in [3.63, 3.8) is 0 Å². The van der Waals surface area contributed by atoms with Crippen LogP contribution in [0.15, 0.2) is 0 Å². The van der Waals surface area contributed by atoms with Gasteiger partial charge in [0.2, 0.25) is 10.0 Å². The van der Waals surface area contributed by atoms with Gasteiger partial charge >= 0.3 is 0 Å². The Labute approximate surface area is 103 Å². The number of ether oxygens (including phenoxy) is 1. The molecule has 98 valence electrons. The maximum absolute atomic E-state index is 11.3. The number of rotatable bonds is 10. The molecule has 0 saturated heterocycles. The van der Waals surface area contributed by atoms with Crippen molar-refractivity contribution < 1.29 is 13.2 Å². The molecule has 0 unspecified atom stereocenters. The normalized spacial score (nSPS) is 12.2. The van der Waals surface area contributed by atoms with Crippen LogP contribution in [0.25, 0.3) is 0 Å². The zero-order valence-corrected chi connectivity index (χ0v) is 11.5. The van der Waals surface area contributed by atoms with E-state index in [1.54, 1.807) is 0 Å². The van der Waals surface area contributed by atoms with E-state index in [1.807, 2.05) is 19.0 Å². The van der Waals surface area contributed by atoms with Crippen LogP contribution in [-0.4, -0.2) is 65.3 Å². The smallest absolute Gasteiger partial charge is 0.211 e. The van der Waals surface area contributed by atoms with E-state index < -0.39 is 10.0 Å². The topological polar surface area (TPSA) is 58.6 Å². The fourth-order valence-electron chi connectivity index (χ4n) is 0.935. The van der Waals surface area contributed by atoms with Crippen LogP contribution in [-0.2, 0) is 14.8 Å². The average molecular weight is 273 g/mol. The van der Waals surface area contributed by atoms with Gasteiger partial charge in [0.15, 0.2) is 0 Å². The van der Waals surface area contributed by atoms with E-state index in [-0.39, 0.29) is 5.75 Å². The second-order valence-corrected chi connectivity index (χ2v) is 5.98. The highest BCUT2D eigenvalue weighted by molar-refractivity contribution is 7.89. The van der Waals surface area contributed by atoms with Gasteiger partial charge in [-0.25, -0.2) is 13.1 Å². The van der Waals surface area contributed by atoms with E-state index in [1.165, 1.54) is 0 Å². The summed E-state index contributed by atoms with van der Waals surface area (Å²) in [7, 11) is 0.741. The predicted octanol–water partition coefficient (Wildman–Crippen LogP) is 0.113. The maximum Gasteiger partial charge on any atom is 0.211 e. The first-order valence-corrected chi connectivity index (χ1v) is 7.42. The molecule has 7 heteroatoms. The minimum Gasteiger partial charge on any atom is -0.379 e. The zero-order chi connectivity index (χ0) is 12.4. The summed E-state index contributed by atoms with van der Waals surface area (Å²) in [6.07, 6.45) is 0.471. The Kier molecular flexibility index (Phi) is 9.25. The molecule has 0 amide bonds. The number of hydrogen-bond donors (Lipinski definition) is 1. The third-order valence-electron chi connectivity index (χ3n) is 1.80. The van der Waals surface area contributed by atoms with Gasteiger partial charge in [-0.2, -0.15) is 0 Å². The van der Waals surface area contributed by atoms with Crippen molar-refractivity contribution in [1.82, 2.24) is 9.62 Å². The van der Waals surface area contributed by atoms with Gasteiger partial charge in [0.05, 0.1) is 19.0 Å². The van der Waals surface area contributed by atoms with Crippen LogP contribution in [0, 0.1) is 0 Å². The van der Waals surface area contributed by atoms with Crippen LogP contribution < -0.4 is 4.72 Å². The monoisotopic (exact) mass is 272 g/mol. The molecule has 0 spiro atoms. The average Bonchev–Trinajstić information content (AvgIpc) is 2.20. The summed E-state index contributed by atoms with van der Waals surface area (Å²) in [5, 5.41) is 0. The minimum absolute atomic E-state index is 0.0776. The van der Waals surface area contributed by atoms with Crippen molar-refractivity contribution in [2.24, 2.45) is 0 Å². The summed E-state index contributed by atoms with van der Waals surface area (Å²) >= 11 is 5.42. The van der Waals surface area contributed by atoms with E-state index in [0.29, 0.717) is 32.1 Å². The van der Waals surface area contributed by atoms with Crippen molar-refractivity contribution >= 4 is 21.6 Å². The van der Waals surface area contributed by atoms with E-state index >= 15 is 0 Å². The van der Waals surface area contributed by atoms with Crippen molar-refractivity contribution in [3.05, 3.63) is 0 Å². The molecule has 1 N–H and O–H groups in total. The largest absolute Gasteiger partial charge is 0.379 e. The lowest BCUT2D eigenvalue weighted by molar-refractivity contribution is 0.122. The maximum atomic E-state index is 11.3. The van der Waals surface area contributed by atoms with Gasteiger partial charge in [0, 0.05) is 19.0 Å². The number of nitrogens with zero attached hydrogens (tertiary/aromatic N) is 1. The first kappa shape index (κ1) is 16.1. The van der Waals surface area contributed by atoms with Crippen LogP contribution in [0.5, 0.6) is 0 Å². The molecule has 5 nitrogen and oxygen atoms in total. The lowest BCUT2D eigenvalue weighted by Crippen LogP contribution is -2.30. The lowest BCUT2D eigenvalue weighted by Gasteiger charge is -2.10. The molecule has 0 heterocycles. The molecule has 0 aromatic heterocycles. The SMILES string of the molecule is CN(C)CCOCCNS(=O)(=O)CCCCl. The molecule has 0 radical (unpaired) electrons. The zero-order valence-electron chi connectivity index (χ0n) is 9.91. The molecule has 0 aliphatic carbocycles. The number of halogens is 1. The summed E-state index contributed by atoms with van der Waals surface area (Å²) in [6.45, 7) is 2.15. The summed E-state index contributed by atoms with van der Waals surface area (Å²) in [5.41, 5.74) is 0. The van der Waals surface area contributed by atoms with Crippen LogP contribution in [0.4, 0.5) is 0 Å². The van der Waals surface area contributed by atoms with Crippen molar-refractivity contribution in [3.8, 4) is 0 Å². The minimum atomic E-state index is -3.17. The fraction of sp³-hybridized carbons (Fsp3) is 1.00. The Morgan fingerprint density at radius 3 is 2.56 bits per heavy atom. The van der Waals surface area contributed by atoms with E-state index in [2.05, 4.69) is 4.72 Å². The van der Waals surface area contributed by atoms with Gasteiger partial charge in [-0.1, -0.05) is 0 Å². The van der Waals surface area contributed by atoms with Crippen LogP contribution in [0.3, 0.4) is 0 Å². The van der Waals surface area contributed by atoms with E-state index in [0.717, 1.165) is 6.54 Å². The number of likely N-dealkylation sites (N-methyl/N-ethyl adjacent to an activating group) is 1. The molecule has 0 aromatic carbocycles. The van der Waals surface area contributed by atoms with Gasteiger partial charge in [-0.05, 0) is 20.5 Å². The van der Waals surface area contributed by atoms with Crippen molar-refractivity contribution in [2.45, 2.75) is 6.42 Å². The first-order valence-electron chi connectivity index (χ1n) is 5.23. The molecular formula is C9H21ClN2O3S. The van der Waals surface area contributed by atoms with Crippen molar-refractivity contribution in [2.75, 3.05) is 52.0 Å². The molecule has 0 fully saturated rings. The quantitative estimate of drug-likeness (QED) is 0.453. The predicted molar refractivity (Wildman–Crippen MR) is 66.5 cm³/mol. The van der Waals surface area contributed by atoms with Crippen LogP contribution in [0.1, 0.15) is 6.42 Å². The molecule has 0 aliphatic rings. The standard InChI is InChI=1S/C9H21ClN2O3S/c1-12(2)6-8-15-7-5-11-16(13,14)9-3-4-10/h11H,3-9H2,1-2H3. The number of sulfonamides is 1. The Morgan fingerprint density at radius 2 is 2.00 bits per heavy atom. The lowest BCUT2D eigenvalue weighted by atomic mass is 10.6. The van der Waals surface area contributed by atoms with E-state index in [9.17, 15) is 8.42 Å². The summed E-state index contributed by atoms with van der Waals surface area (Å²) in [6, 6.07) is 0. The van der Waals surface area contributed by atoms with Crippen LogP contribution in [0.2, 0.25) is 0 Å². The molecule has 0 aromatic rings. The molecular weight excluding hydrogens is 252 g/mol. The van der Waals surface area contributed by atoms with Gasteiger partial charge in [-0.3, -0.25) is 0 Å². The van der Waals surface area contributed by atoms with Crippen molar-refractivity contribution in [1.29, 1.82) is 0 Å². The first-order chi connectivity index (χ1) is 7.48. The van der Waals surface area contributed by atoms with Gasteiger partial charge in [0.25, 0.3) is 0 Å². The molecule has 0 saturated carbocycles. The second kappa shape index (κ2) is 9.18. The Morgan fingerprint density at radius 1 is 1.31 bits per heavy atom. The Balaban J connectivity index is 3.43. The molecule has 16 heavy (non-hydrogen) atoms. The molecule has 0 rings (SSSR count). The number of alkyl halides is 1. The highest BCUT2D eigenvalue weighted by atomic mass is 35.5. The second-order valence-electron chi connectivity index (χ2n) is 3.67. The highest BCUT2D eigenvalue weighted by Crippen LogP contribution is 1.91. The molecule has 0 bridgehead atoms. The molecule has 0 atom stereocenters. The third-order valence-corrected chi connectivity index (χ3v) is 3.54. The van der Waals surface area contributed by atoms with Gasteiger partial charge in [0.1, 0.15) is 0 Å². The summed E-state index contributed by atoms with van der Waals surface area (Å²) < 4.78 is 30.3. The summed E-state index contributed by atoms with van der Waals surface area (Å²) in [4.78, 5) is 2.00. The molecule has 0 aliphatic heterocycles. The fourth-order valence-corrected chi connectivity index (χ4v) is 2.29. The third kappa shape index (κ3) is 10.6. The Bertz CT molecular complexity index is 257. The summed E-state index contributed by atoms with van der Waals surface area (Å²) in [5.74, 6) is 0.439. The Hall–Kier alpha value is 0.120. The van der Waals surface area contributed by atoms with E-state index in [4.69, 9.17) is 16.3 Å². The highest BCUT2D eigenvalue weighted by Gasteiger charge is 2.07. The van der Waals surface area contributed by atoms with Gasteiger partial charge < -0.3 is 9.64 Å². The number of hydrogen-bond acceptors (Lipinski definition) is 4.